The number of para-hydroxylation sites is 1. The van der Waals surface area contributed by atoms with E-state index in [1.165, 1.54) is 18.1 Å². The number of fused-ring (bicyclic) bond motifs is 1. The van der Waals surface area contributed by atoms with E-state index in [9.17, 15) is 9.59 Å². The maximum Gasteiger partial charge on any atom is 0.278 e. The van der Waals surface area contributed by atoms with Crippen LogP contribution in [0.25, 0.3) is 16.9 Å². The molecule has 1 atom stereocenters. The number of hydrogen-bond donors (Lipinski definition) is 2. The van der Waals surface area contributed by atoms with Gasteiger partial charge in [0.25, 0.3) is 5.56 Å². The van der Waals surface area contributed by atoms with E-state index < -0.39 is 0 Å². The molecule has 0 aliphatic carbocycles. The Hall–Kier alpha value is -2.61. The van der Waals surface area contributed by atoms with E-state index in [1.807, 2.05) is 44.2 Å². The summed E-state index contributed by atoms with van der Waals surface area (Å²) in [4.78, 5) is 35.3. The van der Waals surface area contributed by atoms with Crippen molar-refractivity contribution in [2.45, 2.75) is 31.5 Å². The second-order valence-corrected chi connectivity index (χ2v) is 6.58. The molecule has 1 amide bonds. The fraction of sp³-hybridized carbons (Fsp3) is 0.294. The van der Waals surface area contributed by atoms with Gasteiger partial charge in [-0.05, 0) is 25.5 Å². The van der Waals surface area contributed by atoms with Crippen LogP contribution in [0.1, 0.15) is 20.3 Å². The Kier molecular flexibility index (Phi) is 5.18. The van der Waals surface area contributed by atoms with Crippen LogP contribution in [0.5, 0.6) is 0 Å². The van der Waals surface area contributed by atoms with Crippen LogP contribution in [0.2, 0.25) is 0 Å². The normalized spacial score (nSPS) is 12.2. The Balaban J connectivity index is 1.96. The van der Waals surface area contributed by atoms with E-state index in [4.69, 9.17) is 0 Å². The minimum Gasteiger partial charge on any atom is -0.353 e. The average molecular weight is 357 g/mol. The van der Waals surface area contributed by atoms with Gasteiger partial charge in [-0.2, -0.15) is 0 Å². The molecule has 7 nitrogen and oxygen atoms in total. The molecular weight excluding hydrogens is 338 g/mol. The molecule has 0 saturated heterocycles. The lowest BCUT2D eigenvalue weighted by Gasteiger charge is -2.11. The van der Waals surface area contributed by atoms with Crippen molar-refractivity contribution in [3.05, 3.63) is 47.0 Å². The van der Waals surface area contributed by atoms with Crippen molar-refractivity contribution in [2.24, 2.45) is 0 Å². The minimum atomic E-state index is -0.300. The van der Waals surface area contributed by atoms with Crippen molar-refractivity contribution >= 4 is 28.8 Å². The van der Waals surface area contributed by atoms with Crippen LogP contribution in [0.4, 0.5) is 0 Å². The molecule has 8 heteroatoms. The molecule has 1 aromatic carbocycles. The predicted molar refractivity (Wildman–Crippen MR) is 98.1 cm³/mol. The number of imidazole rings is 1. The third-order valence-corrected chi connectivity index (χ3v) is 4.72. The molecule has 0 unspecified atom stereocenters. The number of H-pyrrole nitrogens is 1. The quantitative estimate of drug-likeness (QED) is 0.659. The number of hydrogen-bond acceptors (Lipinski definition) is 5. The number of aromatic nitrogens is 4. The van der Waals surface area contributed by atoms with Crippen molar-refractivity contribution in [2.75, 3.05) is 5.75 Å². The van der Waals surface area contributed by atoms with Gasteiger partial charge in [-0.3, -0.25) is 14.2 Å². The van der Waals surface area contributed by atoms with Gasteiger partial charge in [-0.15, -0.1) is 0 Å². The van der Waals surface area contributed by atoms with Crippen molar-refractivity contribution in [3.63, 3.8) is 0 Å². The Morgan fingerprint density at radius 1 is 1.36 bits per heavy atom. The third kappa shape index (κ3) is 3.74. The third-order valence-electron chi connectivity index (χ3n) is 3.79. The summed E-state index contributed by atoms with van der Waals surface area (Å²) >= 11 is 1.28. The number of rotatable bonds is 6. The summed E-state index contributed by atoms with van der Waals surface area (Å²) < 4.78 is 1.80. The number of thioether (sulfide) groups is 1. The second-order valence-electron chi connectivity index (χ2n) is 5.63. The first kappa shape index (κ1) is 17.2. The Morgan fingerprint density at radius 2 is 2.12 bits per heavy atom. The van der Waals surface area contributed by atoms with Crippen LogP contribution >= 0.6 is 11.8 Å². The van der Waals surface area contributed by atoms with Crippen LogP contribution in [-0.4, -0.2) is 37.2 Å². The number of nitrogens with one attached hydrogen (secondary N) is 2. The molecule has 2 heterocycles. The molecule has 0 aliphatic heterocycles. The van der Waals surface area contributed by atoms with Gasteiger partial charge in [-0.25, -0.2) is 9.97 Å². The van der Waals surface area contributed by atoms with Crippen LogP contribution < -0.4 is 10.9 Å². The zero-order valence-corrected chi connectivity index (χ0v) is 14.8. The van der Waals surface area contributed by atoms with Crippen LogP contribution in [-0.2, 0) is 4.79 Å². The Morgan fingerprint density at radius 3 is 2.84 bits per heavy atom. The summed E-state index contributed by atoms with van der Waals surface area (Å²) in [7, 11) is 0. The van der Waals surface area contributed by atoms with Gasteiger partial charge in [0.2, 0.25) is 5.91 Å². The smallest absolute Gasteiger partial charge is 0.278 e. The van der Waals surface area contributed by atoms with Gasteiger partial charge in [0.1, 0.15) is 0 Å². The molecule has 0 bridgehead atoms. The zero-order chi connectivity index (χ0) is 17.8. The maximum absolute atomic E-state index is 12.1. The molecule has 0 spiro atoms. The van der Waals surface area contributed by atoms with Crippen LogP contribution in [0.15, 0.2) is 46.6 Å². The molecule has 0 radical (unpaired) electrons. The standard InChI is InChI=1S/C17H19N5O2S/c1-3-11(2)20-13(23)9-25-17-21-14-15(18-10-19-16(14)24)22(17)12-7-5-4-6-8-12/h4-8,10-11H,3,9H2,1-2H3,(H,20,23)(H,18,19,24)/t11-/m0/s1. The number of carbonyl (C=O) groups excluding carboxylic acids is 1. The fourth-order valence-electron chi connectivity index (χ4n) is 2.34. The summed E-state index contributed by atoms with van der Waals surface area (Å²) in [6.07, 6.45) is 2.23. The fourth-order valence-corrected chi connectivity index (χ4v) is 3.16. The van der Waals surface area contributed by atoms with Gasteiger partial charge >= 0.3 is 0 Å². The molecule has 130 valence electrons. The number of benzene rings is 1. The number of amides is 1. The number of aromatic amines is 1. The minimum absolute atomic E-state index is 0.0621. The predicted octanol–water partition coefficient (Wildman–Crippen LogP) is 2.12. The maximum atomic E-state index is 12.1. The van der Waals surface area contributed by atoms with Crippen molar-refractivity contribution < 1.29 is 4.79 Å². The monoisotopic (exact) mass is 357 g/mol. The van der Waals surface area contributed by atoms with E-state index >= 15 is 0 Å². The lowest BCUT2D eigenvalue weighted by atomic mass is 10.3. The summed E-state index contributed by atoms with van der Waals surface area (Å²) in [6.45, 7) is 3.98. The Bertz CT molecular complexity index is 935. The molecule has 2 aromatic heterocycles. The first-order chi connectivity index (χ1) is 12.1. The Labute approximate surface area is 148 Å². The highest BCUT2D eigenvalue weighted by atomic mass is 32.2. The largest absolute Gasteiger partial charge is 0.353 e. The summed E-state index contributed by atoms with van der Waals surface area (Å²) in [5.74, 6) is 0.158. The summed E-state index contributed by atoms with van der Waals surface area (Å²) in [5, 5.41) is 3.48. The van der Waals surface area contributed by atoms with Crippen molar-refractivity contribution in [1.82, 2.24) is 24.8 Å². The molecule has 2 N–H and O–H groups in total. The van der Waals surface area contributed by atoms with E-state index in [0.29, 0.717) is 10.8 Å². The second kappa shape index (κ2) is 7.52. The van der Waals surface area contributed by atoms with Crippen LogP contribution in [0.3, 0.4) is 0 Å². The van der Waals surface area contributed by atoms with Gasteiger partial charge in [-0.1, -0.05) is 36.9 Å². The summed E-state index contributed by atoms with van der Waals surface area (Å²) in [6, 6.07) is 9.66. The molecule has 0 fully saturated rings. The first-order valence-electron chi connectivity index (χ1n) is 8.04. The zero-order valence-electron chi connectivity index (χ0n) is 14.0. The van der Waals surface area contributed by atoms with E-state index in [1.54, 1.807) is 4.57 Å². The van der Waals surface area contributed by atoms with E-state index in [2.05, 4.69) is 20.3 Å². The molecule has 3 aromatic rings. The van der Waals surface area contributed by atoms with Crippen LogP contribution in [0, 0.1) is 0 Å². The summed E-state index contributed by atoms with van der Waals surface area (Å²) in [5.41, 5.74) is 1.27. The molecule has 25 heavy (non-hydrogen) atoms. The number of nitrogens with zero attached hydrogens (tertiary/aromatic N) is 3. The van der Waals surface area contributed by atoms with E-state index in [0.717, 1.165) is 12.1 Å². The highest BCUT2D eigenvalue weighted by Crippen LogP contribution is 2.25. The first-order valence-corrected chi connectivity index (χ1v) is 9.02. The molecule has 3 rings (SSSR count). The molecule has 0 saturated carbocycles. The van der Waals surface area contributed by atoms with Gasteiger partial charge < -0.3 is 10.3 Å². The highest BCUT2D eigenvalue weighted by Gasteiger charge is 2.17. The van der Waals surface area contributed by atoms with Gasteiger partial charge in [0, 0.05) is 11.7 Å². The molecular formula is C17H19N5O2S. The lowest BCUT2D eigenvalue weighted by Crippen LogP contribution is -2.33. The van der Waals surface area contributed by atoms with Gasteiger partial charge in [0.15, 0.2) is 16.3 Å². The number of carbonyl (C=O) groups is 1. The topological polar surface area (TPSA) is 92.7 Å². The average Bonchev–Trinajstić information content (AvgIpc) is 3.00. The van der Waals surface area contributed by atoms with Crippen molar-refractivity contribution in [3.8, 4) is 5.69 Å². The highest BCUT2D eigenvalue weighted by molar-refractivity contribution is 7.99. The SMILES string of the molecule is CC[C@H](C)NC(=O)CSc1nc2c(=O)[nH]cnc2n1-c1ccccc1. The lowest BCUT2D eigenvalue weighted by molar-refractivity contribution is -0.119. The van der Waals surface area contributed by atoms with E-state index in [-0.39, 0.29) is 28.8 Å². The van der Waals surface area contributed by atoms with Gasteiger partial charge in [0.05, 0.1) is 12.1 Å². The van der Waals surface area contributed by atoms with Crippen molar-refractivity contribution in [1.29, 1.82) is 0 Å². The molecule has 0 aliphatic rings.